The summed E-state index contributed by atoms with van der Waals surface area (Å²) in [6.45, 7) is -1.25. The molecule has 0 aliphatic carbocycles. The van der Waals surface area contributed by atoms with Crippen molar-refractivity contribution in [3.8, 4) is 0 Å². The van der Waals surface area contributed by atoms with Crippen LogP contribution in [0.25, 0.3) is 0 Å². The van der Waals surface area contributed by atoms with Gasteiger partial charge in [0.15, 0.2) is 11.4 Å². The first kappa shape index (κ1) is 24.2. The molecule has 6 heteroatoms. The fraction of sp³-hybridized carbons (Fsp3) is 0.265. The molecule has 40 heavy (non-hydrogen) atoms. The Labute approximate surface area is 240 Å². The molecular formula is C34H36O6. The van der Waals surface area contributed by atoms with Crippen LogP contribution in [0, 0.1) is 0 Å². The zero-order valence-electron chi connectivity index (χ0n) is 25.8. The lowest BCUT2D eigenvalue weighted by molar-refractivity contribution is -0.269. The molecule has 0 bridgehead atoms. The van der Waals surface area contributed by atoms with Crippen molar-refractivity contribution in [2.45, 2.75) is 48.5 Å². The smallest absolute Gasteiger partial charge is 0.172 e. The standard InChI is InChI=1S/C34H36O6/c35-25-31(37)33(39,23-28-17-9-3-10-18-28)34(40,24-29-19-11-4-12-20-29)32(38,22-27-15-7-2-8-16-27)30(36)21-26-13-5-1-6-14-26/h1-20,31,35,37-40H,21-25H2/t31-,32-,33-,34-/m1/s1/i21D,22D,23D,24D/t21?,22?,23?,24?,31-,32-,33-,34-. The van der Waals surface area contributed by atoms with Crippen LogP contribution in [0.4, 0.5) is 0 Å². The van der Waals surface area contributed by atoms with Gasteiger partial charge in [-0.25, -0.2) is 0 Å². The molecule has 208 valence electrons. The van der Waals surface area contributed by atoms with Gasteiger partial charge in [0, 0.05) is 31.1 Å². The van der Waals surface area contributed by atoms with E-state index in [1.165, 1.54) is 84.9 Å². The lowest BCUT2D eigenvalue weighted by Gasteiger charge is -2.53. The van der Waals surface area contributed by atoms with E-state index < -0.39 is 60.9 Å². The van der Waals surface area contributed by atoms with Gasteiger partial charge >= 0.3 is 0 Å². The Kier molecular flexibility index (Phi) is 7.66. The normalized spacial score (nSPS) is 21.3. The van der Waals surface area contributed by atoms with Crippen molar-refractivity contribution in [3.05, 3.63) is 144 Å². The number of carbonyl (C=O) groups is 1. The van der Waals surface area contributed by atoms with Crippen LogP contribution in [0.2, 0.25) is 0 Å². The summed E-state index contributed by atoms with van der Waals surface area (Å²) in [5.41, 5.74) is -10.4. The molecular weight excluding hydrogens is 504 g/mol. The molecule has 0 aromatic heterocycles. The van der Waals surface area contributed by atoms with Gasteiger partial charge in [-0.3, -0.25) is 4.79 Å². The quantitative estimate of drug-likeness (QED) is 0.177. The van der Waals surface area contributed by atoms with Crippen LogP contribution in [-0.4, -0.2) is 60.8 Å². The minimum Gasteiger partial charge on any atom is -0.394 e. The fourth-order valence-electron chi connectivity index (χ4n) is 4.69. The second kappa shape index (κ2) is 12.7. The first-order valence-electron chi connectivity index (χ1n) is 15.2. The van der Waals surface area contributed by atoms with Gasteiger partial charge in [-0.05, 0) is 22.3 Å². The summed E-state index contributed by atoms with van der Waals surface area (Å²) < 4.78 is 36.7. The summed E-state index contributed by atoms with van der Waals surface area (Å²) in [4.78, 5) is 14.6. The second-order valence-electron chi connectivity index (χ2n) is 9.64. The van der Waals surface area contributed by atoms with Gasteiger partial charge in [0.05, 0.1) is 6.61 Å². The van der Waals surface area contributed by atoms with Crippen LogP contribution in [0.15, 0.2) is 121 Å². The Bertz CT molecular complexity index is 1500. The highest BCUT2D eigenvalue weighted by atomic mass is 16.4. The lowest BCUT2D eigenvalue weighted by atomic mass is 9.60. The first-order valence-corrected chi connectivity index (χ1v) is 12.8. The van der Waals surface area contributed by atoms with Crippen LogP contribution in [0.1, 0.15) is 27.7 Å². The maximum absolute atomic E-state index is 14.6. The predicted octanol–water partition coefficient (Wildman–Crippen LogP) is 3.07. The van der Waals surface area contributed by atoms with E-state index in [0.29, 0.717) is 0 Å². The molecule has 0 amide bonds. The van der Waals surface area contributed by atoms with Gasteiger partial charge in [-0.1, -0.05) is 121 Å². The maximum atomic E-state index is 14.6. The molecule has 8 atom stereocenters. The van der Waals surface area contributed by atoms with E-state index in [1.54, 1.807) is 36.4 Å². The number of carbonyl (C=O) groups excluding carboxylic acids is 1. The Morgan fingerprint density at radius 3 is 1.43 bits per heavy atom. The molecule has 0 saturated carbocycles. The van der Waals surface area contributed by atoms with Crippen LogP contribution < -0.4 is 0 Å². The van der Waals surface area contributed by atoms with Crippen LogP contribution >= 0.6 is 0 Å². The summed E-state index contributed by atoms with van der Waals surface area (Å²) in [7, 11) is 0. The van der Waals surface area contributed by atoms with Crippen LogP contribution in [0.3, 0.4) is 0 Å². The van der Waals surface area contributed by atoms with Crippen molar-refractivity contribution < 1.29 is 35.8 Å². The molecule has 0 aliphatic rings. The lowest BCUT2D eigenvalue weighted by Crippen LogP contribution is -2.77. The highest BCUT2D eigenvalue weighted by molar-refractivity contribution is 5.91. The summed E-state index contributed by atoms with van der Waals surface area (Å²) in [5, 5.41) is 59.9. The molecule has 4 unspecified atom stereocenters. The number of Topliss-reactive ketones (excluding diaryl/α,β-unsaturated/α-hetero) is 1. The fourth-order valence-corrected chi connectivity index (χ4v) is 4.69. The van der Waals surface area contributed by atoms with Gasteiger partial charge < -0.3 is 25.5 Å². The number of benzene rings is 4. The molecule has 5 N–H and O–H groups in total. The van der Waals surface area contributed by atoms with Crippen LogP contribution in [0.5, 0.6) is 0 Å². The number of aliphatic hydroxyl groups excluding tert-OH is 2. The van der Waals surface area contributed by atoms with E-state index >= 15 is 0 Å². The molecule has 4 aromatic carbocycles. The van der Waals surface area contributed by atoms with Gasteiger partial charge in [0.25, 0.3) is 0 Å². The van der Waals surface area contributed by atoms with Crippen molar-refractivity contribution in [3.63, 3.8) is 0 Å². The molecule has 0 saturated heterocycles. The minimum atomic E-state index is -3.60. The Morgan fingerprint density at radius 2 is 1.00 bits per heavy atom. The third kappa shape index (κ3) is 6.07. The van der Waals surface area contributed by atoms with E-state index in [9.17, 15) is 33.1 Å². The van der Waals surface area contributed by atoms with E-state index in [1.807, 2.05) is 0 Å². The SMILES string of the molecule is [2H]C(C(=O)[C@](O)(C([2H])c1ccccc1)[C@](O)(C([2H])c1ccccc1)[C@@](O)(C([2H])c1ccccc1)[C@H](O)CO)c1ccccc1. The number of rotatable bonds is 13. The molecule has 0 fully saturated rings. The zero-order chi connectivity index (χ0) is 32.1. The molecule has 0 aliphatic heterocycles. The summed E-state index contributed by atoms with van der Waals surface area (Å²) in [6.07, 6.45) is -10.7. The summed E-state index contributed by atoms with van der Waals surface area (Å²) in [6, 6.07) is 30.0. The molecule has 0 spiro atoms. The Morgan fingerprint density at radius 1 is 0.625 bits per heavy atom. The highest BCUT2D eigenvalue weighted by Crippen LogP contribution is 2.43. The number of hydrogen-bond donors (Lipinski definition) is 5. The highest BCUT2D eigenvalue weighted by Gasteiger charge is 2.66. The largest absolute Gasteiger partial charge is 0.394 e. The molecule has 6 nitrogen and oxygen atoms in total. The molecule has 0 radical (unpaired) electrons. The van der Waals surface area contributed by atoms with Crippen molar-refractivity contribution in [1.29, 1.82) is 0 Å². The van der Waals surface area contributed by atoms with E-state index in [0.717, 1.165) is 0 Å². The summed E-state index contributed by atoms with van der Waals surface area (Å²) in [5.74, 6) is -1.45. The average molecular weight is 545 g/mol. The Balaban J connectivity index is 2.12. The molecule has 0 heterocycles. The van der Waals surface area contributed by atoms with Crippen LogP contribution in [-0.2, 0) is 30.4 Å². The number of hydrogen-bond acceptors (Lipinski definition) is 6. The molecule has 4 aromatic rings. The average Bonchev–Trinajstić information content (AvgIpc) is 3.09. The summed E-state index contributed by atoms with van der Waals surface area (Å²) >= 11 is 0. The topological polar surface area (TPSA) is 118 Å². The van der Waals surface area contributed by atoms with Gasteiger partial charge in [-0.2, -0.15) is 0 Å². The van der Waals surface area contributed by atoms with Crippen molar-refractivity contribution >= 4 is 5.78 Å². The minimum absolute atomic E-state index is 0.00983. The van der Waals surface area contributed by atoms with E-state index in [4.69, 9.17) is 2.74 Å². The third-order valence-corrected chi connectivity index (χ3v) is 6.88. The zero-order valence-corrected chi connectivity index (χ0v) is 21.8. The first-order chi connectivity index (χ1) is 21.0. The van der Waals surface area contributed by atoms with E-state index in [2.05, 4.69) is 0 Å². The number of ketones is 1. The van der Waals surface area contributed by atoms with Crippen molar-refractivity contribution in [1.82, 2.24) is 0 Å². The third-order valence-electron chi connectivity index (χ3n) is 6.88. The van der Waals surface area contributed by atoms with Gasteiger partial charge in [0.1, 0.15) is 17.3 Å². The Hall–Kier alpha value is -3.65. The second-order valence-corrected chi connectivity index (χ2v) is 9.64. The molecule has 4 rings (SSSR count). The van der Waals surface area contributed by atoms with E-state index in [-0.39, 0.29) is 22.3 Å². The van der Waals surface area contributed by atoms with Crippen molar-refractivity contribution in [2.24, 2.45) is 0 Å². The predicted molar refractivity (Wildman–Crippen MR) is 154 cm³/mol. The van der Waals surface area contributed by atoms with Crippen molar-refractivity contribution in [2.75, 3.05) is 6.61 Å². The van der Waals surface area contributed by atoms with Gasteiger partial charge in [-0.15, -0.1) is 0 Å². The van der Waals surface area contributed by atoms with Gasteiger partial charge in [0.2, 0.25) is 0 Å². The maximum Gasteiger partial charge on any atom is 0.172 e. The number of aliphatic hydroxyl groups is 5. The monoisotopic (exact) mass is 544 g/mol.